The minimum Gasteiger partial charge on any atom is -1.00 e. The molecule has 0 radical (unpaired) electrons. The second-order valence-electron chi connectivity index (χ2n) is 13.2. The summed E-state index contributed by atoms with van der Waals surface area (Å²) in [4.78, 5) is 0. The maximum Gasteiger partial charge on any atom is -1.00 e. The first kappa shape index (κ1) is 39.4. The fraction of sp³-hybridized carbons (Fsp3) is 0.579. The van der Waals surface area contributed by atoms with Crippen LogP contribution in [-0.4, -0.2) is 24.6 Å². The molecular formula is C38H56Cl2HfP2. The Morgan fingerprint density at radius 2 is 1.00 bits per heavy atom. The molecular weight excluding hydrogens is 768 g/mol. The van der Waals surface area contributed by atoms with Crippen molar-refractivity contribution in [3.8, 4) is 0 Å². The van der Waals surface area contributed by atoms with Crippen LogP contribution in [0.2, 0.25) is 0 Å². The van der Waals surface area contributed by atoms with Crippen LogP contribution in [0, 0.1) is 11.8 Å². The van der Waals surface area contributed by atoms with Crippen molar-refractivity contribution in [3.05, 3.63) is 81.4 Å². The molecule has 4 rings (SSSR count). The van der Waals surface area contributed by atoms with E-state index in [1.54, 1.807) is 22.3 Å². The van der Waals surface area contributed by atoms with Crippen LogP contribution in [0.1, 0.15) is 123 Å². The molecule has 0 aromatic heterocycles. The van der Waals surface area contributed by atoms with Crippen molar-refractivity contribution in [2.24, 2.45) is 11.8 Å². The quantitative estimate of drug-likeness (QED) is 0.0893. The first-order valence-corrected chi connectivity index (χ1v) is 24.4. The van der Waals surface area contributed by atoms with Crippen LogP contribution >= 0.6 is 15.8 Å². The van der Waals surface area contributed by atoms with Crippen molar-refractivity contribution < 1.29 is 47.7 Å². The summed E-state index contributed by atoms with van der Waals surface area (Å²) in [5, 5.41) is 3.82. The van der Waals surface area contributed by atoms with Crippen molar-refractivity contribution in [2.75, 3.05) is 24.6 Å². The summed E-state index contributed by atoms with van der Waals surface area (Å²) in [6, 6.07) is 19.1. The number of halogens is 2. The second kappa shape index (κ2) is 20.5. The zero-order valence-electron chi connectivity index (χ0n) is 27.7. The van der Waals surface area contributed by atoms with Gasteiger partial charge in [0.2, 0.25) is 0 Å². The Hall–Kier alpha value is 0.230. The van der Waals surface area contributed by atoms with Crippen molar-refractivity contribution in [1.82, 2.24) is 0 Å². The predicted molar refractivity (Wildman–Crippen MR) is 186 cm³/mol. The van der Waals surface area contributed by atoms with Gasteiger partial charge in [0.1, 0.15) is 0 Å². The van der Waals surface area contributed by atoms with E-state index in [-0.39, 0.29) is 40.7 Å². The van der Waals surface area contributed by atoms with Gasteiger partial charge in [0, 0.05) is 0 Å². The molecule has 5 heteroatoms. The monoisotopic (exact) mass is 824 g/mol. The molecule has 0 fully saturated rings. The van der Waals surface area contributed by atoms with Crippen LogP contribution in [-0.2, 0) is 22.9 Å². The van der Waals surface area contributed by atoms with Crippen LogP contribution in [0.25, 0.3) is 12.2 Å². The minimum atomic E-state index is -1.17. The number of hydrogen-bond donors (Lipinski definition) is 0. The van der Waals surface area contributed by atoms with Gasteiger partial charge in [-0.1, -0.05) is 0 Å². The Morgan fingerprint density at radius 3 is 1.42 bits per heavy atom. The van der Waals surface area contributed by atoms with E-state index in [4.69, 9.17) is 0 Å². The van der Waals surface area contributed by atoms with Crippen LogP contribution < -0.4 is 24.8 Å². The zero-order chi connectivity index (χ0) is 29.2. The molecule has 0 N–H and O–H groups in total. The Bertz CT molecular complexity index is 1140. The molecule has 0 saturated carbocycles. The van der Waals surface area contributed by atoms with E-state index in [1.165, 1.54) is 76.0 Å². The van der Waals surface area contributed by atoms with Gasteiger partial charge in [0.25, 0.3) is 0 Å². The van der Waals surface area contributed by atoms with Gasteiger partial charge in [-0.25, -0.2) is 0 Å². The molecule has 0 bridgehead atoms. The fourth-order valence-corrected chi connectivity index (χ4v) is 24.0. The van der Waals surface area contributed by atoms with Gasteiger partial charge in [-0.05, 0) is 0 Å². The largest absolute Gasteiger partial charge is 1.00 e. The molecule has 0 nitrogen and oxygen atoms in total. The van der Waals surface area contributed by atoms with E-state index in [1.807, 2.05) is 10.6 Å². The molecule has 43 heavy (non-hydrogen) atoms. The third-order valence-corrected chi connectivity index (χ3v) is 23.5. The van der Waals surface area contributed by atoms with E-state index in [2.05, 4.69) is 102 Å². The number of fused-ring (bicyclic) bond motifs is 2. The molecule has 2 atom stereocenters. The topological polar surface area (TPSA) is 0 Å². The van der Waals surface area contributed by atoms with Crippen LogP contribution in [0.3, 0.4) is 0 Å². The standard InChI is InChI=1S/C21H32P.C17H24P.2ClH.Hf/c1-3-5-7-11-15-22(16-12-8-6-4-2)21-17-19-13-9-10-14-20(19)18-21;1-13(2)11-18(12-14(3)4)17-9-15-7-5-6-8-16(15)10-17;;;/h9-10,13-14,17-18H,3-8,11-12,15-16H2,1-2H3;5-10,13-14H,11-12H2,1-4H3;2*1H;/q;;;;+2/p-2. The Morgan fingerprint density at radius 1 is 0.581 bits per heavy atom. The van der Waals surface area contributed by atoms with E-state index in [0.29, 0.717) is 0 Å². The molecule has 0 saturated heterocycles. The molecule has 2 aliphatic rings. The van der Waals surface area contributed by atoms with Gasteiger partial charge in [0.15, 0.2) is 0 Å². The Labute approximate surface area is 291 Å². The Kier molecular flexibility index (Phi) is 18.8. The van der Waals surface area contributed by atoms with Gasteiger partial charge in [-0.15, -0.1) is 0 Å². The Balaban J connectivity index is 0.00000323. The first-order chi connectivity index (χ1) is 19.9. The molecule has 0 heterocycles. The summed E-state index contributed by atoms with van der Waals surface area (Å²) >= 11 is -1.17. The fourth-order valence-electron chi connectivity index (χ4n) is 6.67. The maximum atomic E-state index is 2.73. The molecule has 2 unspecified atom stereocenters. The molecule has 0 amide bonds. The van der Waals surface area contributed by atoms with Gasteiger partial charge in [0.05, 0.1) is 0 Å². The summed E-state index contributed by atoms with van der Waals surface area (Å²) < 4.78 is 1.55. The number of benzene rings is 2. The third kappa shape index (κ3) is 11.2. The van der Waals surface area contributed by atoms with Gasteiger partial charge in [-0.3, -0.25) is 0 Å². The average Bonchev–Trinajstić information content (AvgIpc) is 3.50. The summed E-state index contributed by atoms with van der Waals surface area (Å²) in [5.41, 5.74) is 6.53. The van der Waals surface area contributed by atoms with Gasteiger partial charge in [-0.2, -0.15) is 0 Å². The van der Waals surface area contributed by atoms with Gasteiger partial charge >= 0.3 is 269 Å². The van der Waals surface area contributed by atoms with E-state index in [0.717, 1.165) is 19.2 Å². The molecule has 0 aliphatic heterocycles. The smallest absolute Gasteiger partial charge is 1.00 e. The van der Waals surface area contributed by atoms with E-state index in [9.17, 15) is 0 Å². The molecule has 0 spiro atoms. The average molecular weight is 824 g/mol. The zero-order valence-corrected chi connectivity index (χ0v) is 34.6. The molecule has 2 aromatic carbocycles. The normalized spacial score (nSPS) is 17.0. The van der Waals surface area contributed by atoms with Crippen molar-refractivity contribution in [1.29, 1.82) is 0 Å². The second-order valence-corrected chi connectivity index (χ2v) is 23.4. The first-order valence-electron chi connectivity index (χ1n) is 16.8. The number of rotatable bonds is 18. The number of hydrogen-bond acceptors (Lipinski definition) is 0. The minimum absolute atomic E-state index is 0. The number of unbranched alkanes of at least 4 members (excludes halogenated alkanes) is 6. The summed E-state index contributed by atoms with van der Waals surface area (Å²) in [6.07, 6.45) is 22.4. The van der Waals surface area contributed by atoms with Crippen molar-refractivity contribution in [3.63, 3.8) is 0 Å². The molecule has 2 aromatic rings. The maximum absolute atomic E-state index is 2.73. The van der Waals surface area contributed by atoms with Gasteiger partial charge < -0.3 is 24.8 Å². The van der Waals surface area contributed by atoms with E-state index >= 15 is 0 Å². The van der Waals surface area contributed by atoms with Crippen molar-refractivity contribution >= 4 is 28.0 Å². The number of allylic oxidation sites excluding steroid dienone is 2. The summed E-state index contributed by atoms with van der Waals surface area (Å²) in [6.45, 7) is 14.5. The third-order valence-electron chi connectivity index (χ3n) is 8.61. The summed E-state index contributed by atoms with van der Waals surface area (Å²) in [7, 11) is -0.105. The SMILES string of the molecule is CCCCCCP(CCCCCC)C1=Cc2ccccc2[CH]1[Hf+2][CH]1C(P(CC(C)C)CC(C)C)=Cc2ccccc21.[Cl-].[Cl-]. The van der Waals surface area contributed by atoms with E-state index < -0.39 is 22.9 Å². The molecule has 236 valence electrons. The van der Waals surface area contributed by atoms with Crippen LogP contribution in [0.5, 0.6) is 0 Å². The molecule has 2 aliphatic carbocycles. The summed E-state index contributed by atoms with van der Waals surface area (Å²) in [5.74, 6) is 1.56. The van der Waals surface area contributed by atoms with Crippen LogP contribution in [0.15, 0.2) is 59.2 Å². The van der Waals surface area contributed by atoms with Crippen molar-refractivity contribution in [2.45, 2.75) is 100 Å². The van der Waals surface area contributed by atoms with Crippen LogP contribution in [0.4, 0.5) is 0 Å². The predicted octanol–water partition coefficient (Wildman–Crippen LogP) is 6.70.